The molecule has 3 aromatic carbocycles. The van der Waals surface area contributed by atoms with E-state index in [4.69, 9.17) is 0 Å². The summed E-state index contributed by atoms with van der Waals surface area (Å²) in [5, 5.41) is 10.6. The van der Waals surface area contributed by atoms with Gasteiger partial charge in [-0.3, -0.25) is 25.2 Å². The van der Waals surface area contributed by atoms with Crippen LogP contribution in [-0.4, -0.2) is 27.7 Å². The maximum Gasteiger partial charge on any atom is 0.310 e. The van der Waals surface area contributed by atoms with Crippen molar-refractivity contribution in [2.45, 2.75) is 0 Å². The molecular formula is C26H19N3O4. The number of benzene rings is 3. The van der Waals surface area contributed by atoms with Crippen LogP contribution in [0.3, 0.4) is 0 Å². The first-order valence-corrected chi connectivity index (χ1v) is 10.1. The van der Waals surface area contributed by atoms with Gasteiger partial charge in [-0.05, 0) is 12.1 Å². The Morgan fingerprint density at radius 1 is 0.788 bits per heavy atom. The Hall–Kier alpha value is -4.78. The Morgan fingerprint density at radius 3 is 2.15 bits per heavy atom. The number of carbonyl (C=O) groups is 3. The van der Waals surface area contributed by atoms with Crippen LogP contribution in [0.5, 0.6) is 0 Å². The second-order valence-corrected chi connectivity index (χ2v) is 7.11. The fraction of sp³-hybridized carbons (Fsp3) is 0. The number of hydrogen-bond acceptors (Lipinski definition) is 5. The Labute approximate surface area is 189 Å². The summed E-state index contributed by atoms with van der Waals surface area (Å²) in [6.45, 7) is 0. The van der Waals surface area contributed by atoms with Gasteiger partial charge in [0, 0.05) is 22.6 Å². The van der Waals surface area contributed by atoms with Gasteiger partial charge in [-0.25, -0.2) is 4.98 Å². The van der Waals surface area contributed by atoms with E-state index in [1.807, 2.05) is 36.4 Å². The smallest absolute Gasteiger partial charge is 0.310 e. The molecule has 0 aliphatic carbocycles. The van der Waals surface area contributed by atoms with Crippen molar-refractivity contribution in [1.82, 2.24) is 15.8 Å². The summed E-state index contributed by atoms with van der Waals surface area (Å²) < 4.78 is 0. The molecule has 1 aromatic heterocycles. The van der Waals surface area contributed by atoms with Gasteiger partial charge in [0.2, 0.25) is 5.78 Å². The Balaban J connectivity index is 1.53. The number of aliphatic hydroxyl groups excluding tert-OH is 1. The number of fused-ring (bicyclic) bond motifs is 1. The number of amides is 2. The molecule has 3 N–H and O–H groups in total. The first kappa shape index (κ1) is 21.5. The summed E-state index contributed by atoms with van der Waals surface area (Å²) in [5.41, 5.74) is 7.08. The average molecular weight is 437 g/mol. The van der Waals surface area contributed by atoms with Crippen LogP contribution >= 0.6 is 0 Å². The van der Waals surface area contributed by atoms with Crippen molar-refractivity contribution in [2.24, 2.45) is 0 Å². The van der Waals surface area contributed by atoms with Gasteiger partial charge < -0.3 is 5.11 Å². The third-order valence-corrected chi connectivity index (χ3v) is 4.88. The Bertz CT molecular complexity index is 1370. The number of hydrazine groups is 1. The lowest BCUT2D eigenvalue weighted by Gasteiger charge is -2.11. The fourth-order valence-corrected chi connectivity index (χ4v) is 3.24. The second-order valence-electron chi connectivity index (χ2n) is 7.11. The molecule has 0 spiro atoms. The molecule has 7 nitrogen and oxygen atoms in total. The van der Waals surface area contributed by atoms with Crippen molar-refractivity contribution in [1.29, 1.82) is 0 Å². The fourth-order valence-electron chi connectivity index (χ4n) is 3.24. The average Bonchev–Trinajstić information content (AvgIpc) is 2.87. The summed E-state index contributed by atoms with van der Waals surface area (Å²) in [7, 11) is 0. The SMILES string of the molecule is O=C(/C=C(\O)c1ccccc1)C(=O)NNC(=O)c1cc(-c2ccccc2)nc2ccccc12. The van der Waals surface area contributed by atoms with E-state index in [1.165, 1.54) is 0 Å². The summed E-state index contributed by atoms with van der Waals surface area (Å²) in [5.74, 6) is -3.06. The molecule has 0 saturated carbocycles. The van der Waals surface area contributed by atoms with Crippen LogP contribution in [0.2, 0.25) is 0 Å². The van der Waals surface area contributed by atoms with E-state index < -0.39 is 17.6 Å². The van der Waals surface area contributed by atoms with Crippen molar-refractivity contribution < 1.29 is 19.5 Å². The van der Waals surface area contributed by atoms with Crippen molar-refractivity contribution in [2.75, 3.05) is 0 Å². The number of aliphatic hydroxyl groups is 1. The summed E-state index contributed by atoms with van der Waals surface area (Å²) in [4.78, 5) is 41.8. The van der Waals surface area contributed by atoms with Crippen molar-refractivity contribution >= 4 is 34.3 Å². The van der Waals surface area contributed by atoms with Gasteiger partial charge in [0.25, 0.3) is 5.91 Å². The Kier molecular flexibility index (Phi) is 6.22. The number of hydrogen-bond donors (Lipinski definition) is 3. The van der Waals surface area contributed by atoms with E-state index in [2.05, 4.69) is 15.8 Å². The third-order valence-electron chi connectivity index (χ3n) is 4.88. The lowest BCUT2D eigenvalue weighted by Crippen LogP contribution is -2.44. The van der Waals surface area contributed by atoms with Crippen LogP contribution in [-0.2, 0) is 9.59 Å². The monoisotopic (exact) mass is 437 g/mol. The highest BCUT2D eigenvalue weighted by Crippen LogP contribution is 2.24. The summed E-state index contributed by atoms with van der Waals surface area (Å²) in [6.07, 6.45) is 0.798. The number of ketones is 1. The van der Waals surface area contributed by atoms with Gasteiger partial charge in [-0.15, -0.1) is 0 Å². The molecule has 0 saturated heterocycles. The largest absolute Gasteiger partial charge is 0.507 e. The molecule has 0 aliphatic rings. The molecule has 4 rings (SSSR count). The van der Waals surface area contributed by atoms with Gasteiger partial charge in [-0.2, -0.15) is 0 Å². The molecule has 2 amide bonds. The molecule has 0 aliphatic heterocycles. The third kappa shape index (κ3) is 4.94. The van der Waals surface area contributed by atoms with Crippen molar-refractivity contribution in [3.05, 3.63) is 108 Å². The number of nitrogens with zero attached hydrogens (tertiary/aromatic N) is 1. The number of aromatic nitrogens is 1. The zero-order valence-corrected chi connectivity index (χ0v) is 17.4. The molecule has 0 unspecified atom stereocenters. The minimum absolute atomic E-state index is 0.287. The Morgan fingerprint density at radius 2 is 1.42 bits per heavy atom. The second kappa shape index (κ2) is 9.57. The number of nitrogens with one attached hydrogen (secondary N) is 2. The van der Waals surface area contributed by atoms with E-state index in [9.17, 15) is 19.5 Å². The van der Waals surface area contributed by atoms with Crippen LogP contribution in [0.25, 0.3) is 27.9 Å². The zero-order valence-electron chi connectivity index (χ0n) is 17.4. The van der Waals surface area contributed by atoms with E-state index in [0.29, 0.717) is 22.2 Å². The maximum atomic E-state index is 12.9. The normalized spacial score (nSPS) is 11.1. The summed E-state index contributed by atoms with van der Waals surface area (Å²) in [6, 6.07) is 26.5. The van der Waals surface area contributed by atoms with Gasteiger partial charge in [0.05, 0.1) is 16.8 Å². The van der Waals surface area contributed by atoms with Gasteiger partial charge in [0.15, 0.2) is 0 Å². The predicted octanol–water partition coefficient (Wildman–Crippen LogP) is 3.83. The first-order valence-electron chi connectivity index (χ1n) is 10.1. The highest BCUT2D eigenvalue weighted by atomic mass is 16.3. The van der Waals surface area contributed by atoms with Crippen LogP contribution in [0.4, 0.5) is 0 Å². The van der Waals surface area contributed by atoms with Crippen LogP contribution in [0, 0.1) is 0 Å². The summed E-state index contributed by atoms with van der Waals surface area (Å²) >= 11 is 0. The van der Waals surface area contributed by atoms with Crippen LogP contribution in [0.1, 0.15) is 15.9 Å². The van der Waals surface area contributed by atoms with E-state index in [1.54, 1.807) is 54.6 Å². The first-order chi connectivity index (χ1) is 16.0. The maximum absolute atomic E-state index is 12.9. The standard InChI is InChI=1S/C26H19N3O4/c30-23(18-11-5-2-6-12-18)16-24(31)26(33)29-28-25(32)20-15-22(17-9-3-1-4-10-17)27-21-14-8-7-13-19(20)21/h1-16,30H,(H,28,32)(H,29,33)/b23-16-. The number of para-hydroxylation sites is 1. The molecular weight excluding hydrogens is 418 g/mol. The van der Waals surface area contributed by atoms with Crippen LogP contribution < -0.4 is 10.9 Å². The highest BCUT2D eigenvalue weighted by Gasteiger charge is 2.17. The minimum Gasteiger partial charge on any atom is -0.507 e. The van der Waals surface area contributed by atoms with Gasteiger partial charge in [0.1, 0.15) is 5.76 Å². The predicted molar refractivity (Wildman–Crippen MR) is 125 cm³/mol. The van der Waals surface area contributed by atoms with E-state index in [-0.39, 0.29) is 11.3 Å². The quantitative estimate of drug-likeness (QED) is 0.190. The molecule has 162 valence electrons. The number of carbonyl (C=O) groups excluding carboxylic acids is 3. The molecule has 7 heteroatoms. The van der Waals surface area contributed by atoms with E-state index >= 15 is 0 Å². The zero-order chi connectivity index (χ0) is 23.2. The number of pyridine rings is 1. The van der Waals surface area contributed by atoms with Crippen molar-refractivity contribution in [3.8, 4) is 11.3 Å². The molecule has 0 fully saturated rings. The van der Waals surface area contributed by atoms with Crippen molar-refractivity contribution in [3.63, 3.8) is 0 Å². The molecule has 0 atom stereocenters. The minimum atomic E-state index is -1.09. The lowest BCUT2D eigenvalue weighted by molar-refractivity contribution is -0.135. The molecule has 0 bridgehead atoms. The molecule has 1 heterocycles. The molecule has 4 aromatic rings. The van der Waals surface area contributed by atoms with E-state index in [0.717, 1.165) is 11.6 Å². The molecule has 33 heavy (non-hydrogen) atoms. The van der Waals surface area contributed by atoms with Gasteiger partial charge in [-0.1, -0.05) is 78.9 Å². The number of rotatable bonds is 5. The topological polar surface area (TPSA) is 108 Å². The lowest BCUT2D eigenvalue weighted by atomic mass is 10.0. The van der Waals surface area contributed by atoms with Crippen LogP contribution in [0.15, 0.2) is 97.1 Å². The molecule has 0 radical (unpaired) electrons. The van der Waals surface area contributed by atoms with Gasteiger partial charge >= 0.3 is 5.91 Å². The highest BCUT2D eigenvalue weighted by molar-refractivity contribution is 6.41.